The van der Waals surface area contributed by atoms with Gasteiger partial charge >= 0.3 is 6.03 Å². The lowest BCUT2D eigenvalue weighted by Crippen LogP contribution is -2.52. The molecule has 1 aliphatic heterocycles. The number of hydrogen-bond donors (Lipinski definition) is 4. The number of rotatable bonds is 6. The highest BCUT2D eigenvalue weighted by Gasteiger charge is 2.26. The second-order valence-corrected chi connectivity index (χ2v) is 5.92. The van der Waals surface area contributed by atoms with E-state index >= 15 is 0 Å². The van der Waals surface area contributed by atoms with Gasteiger partial charge in [0.1, 0.15) is 0 Å². The van der Waals surface area contributed by atoms with Crippen LogP contribution in [0.1, 0.15) is 19.3 Å². The Morgan fingerprint density at radius 3 is 2.60 bits per heavy atom. The van der Waals surface area contributed by atoms with Crippen molar-refractivity contribution in [3.8, 4) is 0 Å². The third-order valence-electron chi connectivity index (χ3n) is 4.10. The van der Waals surface area contributed by atoms with Crippen LogP contribution in [0.2, 0.25) is 0 Å². The van der Waals surface area contributed by atoms with Gasteiger partial charge in [-0.2, -0.15) is 0 Å². The number of piperidine rings is 1. The van der Waals surface area contributed by atoms with E-state index in [4.69, 9.17) is 5.73 Å². The quantitative estimate of drug-likeness (QED) is 0.591. The maximum Gasteiger partial charge on any atom is 0.319 e. The summed E-state index contributed by atoms with van der Waals surface area (Å²) in [5, 5.41) is 8.05. The van der Waals surface area contributed by atoms with Gasteiger partial charge in [0.15, 0.2) is 0 Å². The molecule has 1 atom stereocenters. The van der Waals surface area contributed by atoms with Gasteiger partial charge in [0.25, 0.3) is 0 Å². The number of carbonyl (C=O) groups is 3. The van der Waals surface area contributed by atoms with Gasteiger partial charge in [0.05, 0.1) is 13.1 Å². The molecule has 25 heavy (non-hydrogen) atoms. The van der Waals surface area contributed by atoms with Gasteiger partial charge in [0, 0.05) is 24.8 Å². The topological polar surface area (TPSA) is 117 Å². The second kappa shape index (κ2) is 9.63. The molecule has 1 aromatic carbocycles. The van der Waals surface area contributed by atoms with Crippen LogP contribution in [0.3, 0.4) is 0 Å². The molecular formula is C17H25N5O3. The predicted octanol–water partition coefficient (Wildman–Crippen LogP) is 0.264. The lowest BCUT2D eigenvalue weighted by molar-refractivity contribution is -0.135. The summed E-state index contributed by atoms with van der Waals surface area (Å²) in [6, 6.07) is 8.78. The SMILES string of the molecule is NCC(=O)NCC(=O)N1CCCCC1CNC(=O)Nc1ccccc1. The summed E-state index contributed by atoms with van der Waals surface area (Å²) in [6.45, 7) is 0.792. The molecule has 1 saturated heterocycles. The van der Waals surface area contributed by atoms with E-state index in [2.05, 4.69) is 16.0 Å². The van der Waals surface area contributed by atoms with Crippen LogP contribution in [0, 0.1) is 0 Å². The van der Waals surface area contributed by atoms with E-state index < -0.39 is 0 Å². The van der Waals surface area contributed by atoms with Crippen molar-refractivity contribution in [3.05, 3.63) is 30.3 Å². The number of nitrogens with two attached hydrogens (primary N) is 1. The standard InChI is InChI=1S/C17H25N5O3/c18-10-15(23)19-12-16(24)22-9-5-4-8-14(22)11-20-17(25)21-13-6-2-1-3-7-13/h1-3,6-7,14H,4-5,8-12,18H2,(H,19,23)(H2,20,21,25). The lowest BCUT2D eigenvalue weighted by Gasteiger charge is -2.36. The van der Waals surface area contributed by atoms with Crippen molar-refractivity contribution < 1.29 is 14.4 Å². The number of benzene rings is 1. The highest BCUT2D eigenvalue weighted by Crippen LogP contribution is 2.16. The van der Waals surface area contributed by atoms with Crippen molar-refractivity contribution in [1.29, 1.82) is 0 Å². The van der Waals surface area contributed by atoms with Crippen LogP contribution in [0.4, 0.5) is 10.5 Å². The van der Waals surface area contributed by atoms with Gasteiger partial charge in [-0.25, -0.2) is 4.79 Å². The third-order valence-corrected chi connectivity index (χ3v) is 4.10. The number of carbonyl (C=O) groups excluding carboxylic acids is 3. The van der Waals surface area contributed by atoms with Crippen LogP contribution in [0.5, 0.6) is 0 Å². The molecular weight excluding hydrogens is 322 g/mol. The minimum atomic E-state index is -0.359. The average molecular weight is 347 g/mol. The number of nitrogens with zero attached hydrogens (tertiary/aromatic N) is 1. The van der Waals surface area contributed by atoms with Crippen LogP contribution in [0.15, 0.2) is 30.3 Å². The summed E-state index contributed by atoms with van der Waals surface area (Å²) < 4.78 is 0. The van der Waals surface area contributed by atoms with E-state index in [0.29, 0.717) is 18.8 Å². The largest absolute Gasteiger partial charge is 0.346 e. The number of amides is 4. The van der Waals surface area contributed by atoms with E-state index in [-0.39, 0.29) is 37.0 Å². The minimum Gasteiger partial charge on any atom is -0.346 e. The minimum absolute atomic E-state index is 0.0667. The molecule has 0 bridgehead atoms. The van der Waals surface area contributed by atoms with E-state index in [0.717, 1.165) is 19.3 Å². The molecule has 1 heterocycles. The molecule has 1 fully saturated rings. The summed E-state index contributed by atoms with van der Waals surface area (Å²) in [7, 11) is 0. The van der Waals surface area contributed by atoms with Gasteiger partial charge in [-0.05, 0) is 31.4 Å². The maximum absolute atomic E-state index is 12.3. The number of anilines is 1. The molecule has 5 N–H and O–H groups in total. The summed E-state index contributed by atoms with van der Waals surface area (Å²) in [4.78, 5) is 37.2. The van der Waals surface area contributed by atoms with Gasteiger partial charge in [-0.15, -0.1) is 0 Å². The smallest absolute Gasteiger partial charge is 0.319 e. The highest BCUT2D eigenvalue weighted by atomic mass is 16.2. The zero-order valence-corrected chi connectivity index (χ0v) is 14.2. The lowest BCUT2D eigenvalue weighted by atomic mass is 10.0. The Labute approximate surface area is 147 Å². The fraction of sp³-hybridized carbons (Fsp3) is 0.471. The molecule has 2 rings (SSSR count). The normalized spacial score (nSPS) is 16.8. The number of nitrogens with one attached hydrogen (secondary N) is 3. The van der Waals surface area contributed by atoms with Crippen molar-refractivity contribution >= 4 is 23.5 Å². The van der Waals surface area contributed by atoms with Gasteiger partial charge in [-0.1, -0.05) is 18.2 Å². The summed E-state index contributed by atoms with van der Waals surface area (Å²) in [5.41, 5.74) is 5.93. The molecule has 8 nitrogen and oxygen atoms in total. The van der Waals surface area contributed by atoms with Crippen molar-refractivity contribution in [2.24, 2.45) is 5.73 Å². The molecule has 0 radical (unpaired) electrons. The number of para-hydroxylation sites is 1. The van der Waals surface area contributed by atoms with Crippen molar-refractivity contribution in [2.45, 2.75) is 25.3 Å². The van der Waals surface area contributed by atoms with Gasteiger partial charge in [0.2, 0.25) is 11.8 Å². The predicted molar refractivity (Wildman–Crippen MR) is 94.9 cm³/mol. The average Bonchev–Trinajstić information content (AvgIpc) is 2.65. The van der Waals surface area contributed by atoms with Crippen LogP contribution in [0.25, 0.3) is 0 Å². The molecule has 136 valence electrons. The van der Waals surface area contributed by atoms with E-state index in [9.17, 15) is 14.4 Å². The zero-order chi connectivity index (χ0) is 18.1. The molecule has 1 unspecified atom stereocenters. The maximum atomic E-state index is 12.3. The third kappa shape index (κ3) is 6.07. The molecule has 0 saturated carbocycles. The summed E-state index contributed by atoms with van der Waals surface area (Å²) in [6.07, 6.45) is 2.75. The summed E-state index contributed by atoms with van der Waals surface area (Å²) in [5.74, 6) is -0.515. The Hall–Kier alpha value is -2.61. The number of hydrogen-bond acceptors (Lipinski definition) is 4. The Bertz CT molecular complexity index is 593. The number of urea groups is 1. The Morgan fingerprint density at radius 1 is 1.12 bits per heavy atom. The van der Waals surface area contributed by atoms with Crippen LogP contribution in [-0.2, 0) is 9.59 Å². The first-order valence-electron chi connectivity index (χ1n) is 8.46. The molecule has 1 aliphatic rings. The fourth-order valence-electron chi connectivity index (χ4n) is 2.80. The Morgan fingerprint density at radius 2 is 1.88 bits per heavy atom. The Kier molecular flexibility index (Phi) is 7.21. The molecule has 1 aromatic rings. The van der Waals surface area contributed by atoms with Crippen LogP contribution < -0.4 is 21.7 Å². The first-order valence-corrected chi connectivity index (χ1v) is 8.46. The fourth-order valence-corrected chi connectivity index (χ4v) is 2.80. The van der Waals surface area contributed by atoms with Crippen molar-refractivity contribution in [3.63, 3.8) is 0 Å². The Balaban J connectivity index is 1.82. The van der Waals surface area contributed by atoms with E-state index in [1.54, 1.807) is 17.0 Å². The molecule has 8 heteroatoms. The van der Waals surface area contributed by atoms with Crippen LogP contribution >= 0.6 is 0 Å². The van der Waals surface area contributed by atoms with E-state index in [1.807, 2.05) is 18.2 Å². The molecule has 0 aromatic heterocycles. The van der Waals surface area contributed by atoms with E-state index in [1.165, 1.54) is 0 Å². The van der Waals surface area contributed by atoms with Crippen LogP contribution in [-0.4, -0.2) is 55.0 Å². The number of likely N-dealkylation sites (tertiary alicyclic amines) is 1. The van der Waals surface area contributed by atoms with Crippen molar-refractivity contribution in [2.75, 3.05) is 31.5 Å². The molecule has 0 spiro atoms. The zero-order valence-electron chi connectivity index (χ0n) is 14.2. The summed E-state index contributed by atoms with van der Waals surface area (Å²) >= 11 is 0. The second-order valence-electron chi connectivity index (χ2n) is 5.92. The highest BCUT2D eigenvalue weighted by molar-refractivity contribution is 5.89. The first-order chi connectivity index (χ1) is 12.1. The first kappa shape index (κ1) is 18.7. The molecule has 4 amide bonds. The van der Waals surface area contributed by atoms with Gasteiger partial charge in [-0.3, -0.25) is 9.59 Å². The van der Waals surface area contributed by atoms with Crippen molar-refractivity contribution in [1.82, 2.24) is 15.5 Å². The van der Waals surface area contributed by atoms with Gasteiger partial charge < -0.3 is 26.6 Å². The monoisotopic (exact) mass is 347 g/mol. The molecule has 0 aliphatic carbocycles.